The Balaban J connectivity index is 1.73. The van der Waals surface area contributed by atoms with E-state index in [2.05, 4.69) is 13.5 Å². The number of nitrogens with zero attached hydrogens (tertiary/aromatic N) is 3. The number of benzene rings is 3. The SMILES string of the molecule is CCCCS(=O)(=O)Nc1ccc2c(c1)c(-c1ccc(OC)c(OC)c1)c(C(=O)O)n2Cc1ccc2nsnc2c1. The molecule has 10 nitrogen and oxygen atoms in total. The molecule has 12 heteroatoms. The topological polar surface area (TPSA) is 133 Å². The number of carboxylic acid groups (broad SMARTS) is 1. The summed E-state index contributed by atoms with van der Waals surface area (Å²) < 4.78 is 49.1. The number of unbranched alkanes of at least 4 members (excludes halogenated alkanes) is 1. The van der Waals surface area contributed by atoms with Gasteiger partial charge in [0.2, 0.25) is 10.0 Å². The largest absolute Gasteiger partial charge is 0.493 e. The summed E-state index contributed by atoms with van der Waals surface area (Å²) in [7, 11) is -0.532. The number of hydrogen-bond acceptors (Lipinski definition) is 8. The van der Waals surface area contributed by atoms with Gasteiger partial charge in [-0.1, -0.05) is 25.5 Å². The zero-order valence-corrected chi connectivity index (χ0v) is 23.8. The second-order valence-electron chi connectivity index (χ2n) is 9.28. The van der Waals surface area contributed by atoms with Gasteiger partial charge in [-0.15, -0.1) is 0 Å². The fourth-order valence-corrected chi connectivity index (χ4v) is 6.54. The third-order valence-electron chi connectivity index (χ3n) is 6.64. The number of rotatable bonds is 11. The summed E-state index contributed by atoms with van der Waals surface area (Å²) in [6, 6.07) is 15.9. The van der Waals surface area contributed by atoms with Crippen molar-refractivity contribution in [2.45, 2.75) is 26.3 Å². The van der Waals surface area contributed by atoms with Crippen LogP contribution < -0.4 is 14.2 Å². The highest BCUT2D eigenvalue weighted by molar-refractivity contribution is 7.92. The summed E-state index contributed by atoms with van der Waals surface area (Å²) in [5.41, 5.74) is 4.44. The number of nitrogens with one attached hydrogen (secondary N) is 1. The number of ether oxygens (including phenoxy) is 2. The maximum Gasteiger partial charge on any atom is 0.353 e. The zero-order chi connectivity index (χ0) is 28.4. The van der Waals surface area contributed by atoms with E-state index < -0.39 is 16.0 Å². The van der Waals surface area contributed by atoms with E-state index >= 15 is 0 Å². The van der Waals surface area contributed by atoms with E-state index in [4.69, 9.17) is 9.47 Å². The Hall–Kier alpha value is -4.16. The van der Waals surface area contributed by atoms with Gasteiger partial charge in [0, 0.05) is 28.7 Å². The first kappa shape index (κ1) is 27.4. The number of aromatic nitrogens is 3. The molecule has 0 amide bonds. The quantitative estimate of drug-likeness (QED) is 0.206. The molecule has 0 bridgehead atoms. The Kier molecular flexibility index (Phi) is 7.63. The Morgan fingerprint density at radius 3 is 2.50 bits per heavy atom. The zero-order valence-electron chi connectivity index (χ0n) is 22.2. The lowest BCUT2D eigenvalue weighted by atomic mass is 10.0. The van der Waals surface area contributed by atoms with Gasteiger partial charge in [-0.2, -0.15) is 8.75 Å². The summed E-state index contributed by atoms with van der Waals surface area (Å²) in [6.45, 7) is 2.18. The number of anilines is 1. The first-order valence-corrected chi connectivity index (χ1v) is 15.0. The van der Waals surface area contributed by atoms with E-state index in [1.165, 1.54) is 14.2 Å². The lowest BCUT2D eigenvalue weighted by Crippen LogP contribution is -2.16. The number of sulfonamides is 1. The molecule has 0 aliphatic heterocycles. The minimum atomic E-state index is -3.57. The van der Waals surface area contributed by atoms with E-state index in [0.717, 1.165) is 34.7 Å². The number of carboxylic acids is 1. The van der Waals surface area contributed by atoms with Crippen LogP contribution in [-0.2, 0) is 16.6 Å². The number of fused-ring (bicyclic) bond motifs is 2. The molecule has 5 aromatic rings. The number of carbonyl (C=O) groups is 1. The Morgan fingerprint density at radius 2 is 1.77 bits per heavy atom. The molecule has 2 aromatic heterocycles. The van der Waals surface area contributed by atoms with Crippen LogP contribution in [0, 0.1) is 0 Å². The van der Waals surface area contributed by atoms with E-state index in [-0.39, 0.29) is 18.0 Å². The molecule has 0 aliphatic rings. The first-order chi connectivity index (χ1) is 19.2. The molecule has 2 N–H and O–H groups in total. The molecule has 3 aromatic carbocycles. The highest BCUT2D eigenvalue weighted by Crippen LogP contribution is 2.40. The smallest absolute Gasteiger partial charge is 0.353 e. The van der Waals surface area contributed by atoms with Crippen LogP contribution in [0.1, 0.15) is 35.8 Å². The lowest BCUT2D eigenvalue weighted by molar-refractivity contribution is 0.0687. The molecule has 2 heterocycles. The number of hydrogen-bond donors (Lipinski definition) is 2. The van der Waals surface area contributed by atoms with Gasteiger partial charge in [-0.25, -0.2) is 13.2 Å². The molecular weight excluding hydrogens is 552 g/mol. The average molecular weight is 581 g/mol. The van der Waals surface area contributed by atoms with E-state index in [9.17, 15) is 18.3 Å². The fraction of sp³-hybridized carbons (Fsp3) is 0.250. The van der Waals surface area contributed by atoms with Crippen molar-refractivity contribution in [1.29, 1.82) is 0 Å². The molecule has 0 saturated heterocycles. The lowest BCUT2D eigenvalue weighted by Gasteiger charge is -2.11. The van der Waals surface area contributed by atoms with Gasteiger partial charge >= 0.3 is 5.97 Å². The molecule has 0 spiro atoms. The van der Waals surface area contributed by atoms with Crippen LogP contribution in [0.2, 0.25) is 0 Å². The third kappa shape index (κ3) is 5.32. The van der Waals surface area contributed by atoms with E-state index in [1.54, 1.807) is 41.0 Å². The molecule has 0 fully saturated rings. The fourth-order valence-electron chi connectivity index (χ4n) is 4.76. The highest BCUT2D eigenvalue weighted by Gasteiger charge is 2.25. The minimum Gasteiger partial charge on any atom is -0.493 e. The first-order valence-electron chi connectivity index (χ1n) is 12.6. The second-order valence-corrected chi connectivity index (χ2v) is 11.6. The van der Waals surface area contributed by atoms with Crippen molar-refractivity contribution in [2.24, 2.45) is 0 Å². The van der Waals surface area contributed by atoms with Crippen LogP contribution in [-0.4, -0.2) is 52.8 Å². The van der Waals surface area contributed by atoms with Crippen molar-refractivity contribution in [3.05, 3.63) is 65.9 Å². The van der Waals surface area contributed by atoms with Crippen molar-refractivity contribution >= 4 is 55.3 Å². The molecule has 208 valence electrons. The van der Waals surface area contributed by atoms with Gasteiger partial charge in [0.1, 0.15) is 16.7 Å². The Labute approximate surface area is 235 Å². The van der Waals surface area contributed by atoms with Crippen LogP contribution in [0.3, 0.4) is 0 Å². The second kappa shape index (κ2) is 11.1. The molecule has 40 heavy (non-hydrogen) atoms. The molecule has 0 radical (unpaired) electrons. The van der Waals surface area contributed by atoms with Gasteiger partial charge < -0.3 is 19.1 Å². The summed E-state index contributed by atoms with van der Waals surface area (Å²) in [5, 5.41) is 11.1. The van der Waals surface area contributed by atoms with E-state index in [1.807, 2.05) is 25.1 Å². The Morgan fingerprint density at radius 1 is 1.00 bits per heavy atom. The standard InChI is InChI=1S/C28H28N4O6S2/c1-4-5-12-40(35,36)31-19-8-10-23-20(15-19)26(18-7-11-24(37-2)25(14-18)38-3)27(28(33)34)32(23)16-17-6-9-21-22(13-17)30-39-29-21/h6-11,13-15,31H,4-5,12,16H2,1-3H3,(H,33,34). The summed E-state index contributed by atoms with van der Waals surface area (Å²) in [6.07, 6.45) is 1.28. The minimum absolute atomic E-state index is 0.000581. The predicted molar refractivity (Wildman–Crippen MR) is 156 cm³/mol. The van der Waals surface area contributed by atoms with Crippen LogP contribution in [0.25, 0.3) is 33.1 Å². The van der Waals surface area contributed by atoms with Crippen LogP contribution >= 0.6 is 11.7 Å². The van der Waals surface area contributed by atoms with E-state index in [0.29, 0.717) is 45.6 Å². The summed E-state index contributed by atoms with van der Waals surface area (Å²) in [5.74, 6) is -0.182. The normalized spacial score (nSPS) is 11.7. The van der Waals surface area contributed by atoms with Gasteiger partial charge in [0.15, 0.2) is 11.5 Å². The number of methoxy groups -OCH3 is 2. The van der Waals surface area contributed by atoms with Crippen LogP contribution in [0.15, 0.2) is 54.6 Å². The van der Waals surface area contributed by atoms with Crippen molar-refractivity contribution in [3.63, 3.8) is 0 Å². The highest BCUT2D eigenvalue weighted by atomic mass is 32.2. The summed E-state index contributed by atoms with van der Waals surface area (Å²) in [4.78, 5) is 12.8. The van der Waals surface area contributed by atoms with Gasteiger partial charge in [0.25, 0.3) is 0 Å². The van der Waals surface area contributed by atoms with Crippen LogP contribution in [0.4, 0.5) is 5.69 Å². The molecule has 0 saturated carbocycles. The molecule has 0 unspecified atom stereocenters. The maximum absolute atomic E-state index is 12.8. The molecule has 5 rings (SSSR count). The van der Waals surface area contributed by atoms with Gasteiger partial charge in [-0.3, -0.25) is 4.72 Å². The van der Waals surface area contributed by atoms with Crippen molar-refractivity contribution < 1.29 is 27.8 Å². The summed E-state index contributed by atoms with van der Waals surface area (Å²) >= 11 is 1.12. The van der Waals surface area contributed by atoms with Gasteiger partial charge in [0.05, 0.1) is 31.7 Å². The third-order valence-corrected chi connectivity index (χ3v) is 8.57. The van der Waals surface area contributed by atoms with Crippen LogP contribution in [0.5, 0.6) is 11.5 Å². The van der Waals surface area contributed by atoms with Crippen molar-refractivity contribution in [1.82, 2.24) is 13.3 Å². The van der Waals surface area contributed by atoms with Crippen molar-refractivity contribution in [3.8, 4) is 22.6 Å². The Bertz CT molecular complexity index is 1830. The monoisotopic (exact) mass is 580 g/mol. The predicted octanol–water partition coefficient (Wildman–Crippen LogP) is 5.62. The molecule has 0 aliphatic carbocycles. The maximum atomic E-state index is 12.8. The average Bonchev–Trinajstić information content (AvgIpc) is 3.53. The van der Waals surface area contributed by atoms with Gasteiger partial charge in [-0.05, 0) is 60.0 Å². The number of aromatic carboxylic acids is 1. The van der Waals surface area contributed by atoms with Crippen molar-refractivity contribution in [2.75, 3.05) is 24.7 Å². The molecule has 0 atom stereocenters. The molecular formula is C28H28N4O6S2.